The smallest absolute Gasteiger partial charge is 0.0692 e. The third-order valence-electron chi connectivity index (χ3n) is 2.50. The second kappa shape index (κ2) is 6.23. The first kappa shape index (κ1) is 13.5. The van der Waals surface area contributed by atoms with E-state index in [2.05, 4.69) is 34.7 Å². The highest BCUT2D eigenvalue weighted by molar-refractivity contribution is 9.10. The fraction of sp³-hybridized carbons (Fsp3) is 0.500. The van der Waals surface area contributed by atoms with Gasteiger partial charge in [0.05, 0.1) is 13.2 Å². The van der Waals surface area contributed by atoms with E-state index in [-0.39, 0.29) is 13.2 Å². The summed E-state index contributed by atoms with van der Waals surface area (Å²) in [6, 6.07) is 6.17. The molecule has 0 heterocycles. The minimum Gasteiger partial charge on any atom is -0.395 e. The van der Waals surface area contributed by atoms with Gasteiger partial charge in [0.25, 0.3) is 0 Å². The van der Waals surface area contributed by atoms with Gasteiger partial charge in [-0.15, -0.1) is 0 Å². The average molecular weight is 288 g/mol. The molecule has 0 aromatic heterocycles. The highest BCUT2D eigenvalue weighted by atomic mass is 79.9. The molecule has 0 aliphatic carbocycles. The minimum atomic E-state index is 0.0303. The molecule has 1 aromatic carbocycles. The topological polar surface area (TPSA) is 43.7 Å². The Labute approximate surface area is 105 Å². The zero-order valence-corrected chi connectivity index (χ0v) is 11.2. The van der Waals surface area contributed by atoms with Gasteiger partial charge < -0.3 is 15.1 Å². The van der Waals surface area contributed by atoms with Crippen LogP contribution in [0.2, 0.25) is 0 Å². The van der Waals surface area contributed by atoms with Crippen LogP contribution in [-0.2, 0) is 6.61 Å². The lowest BCUT2D eigenvalue weighted by molar-refractivity contribution is 0.281. The third kappa shape index (κ3) is 3.20. The normalized spacial score (nSPS) is 10.9. The summed E-state index contributed by atoms with van der Waals surface area (Å²) in [4.78, 5) is 2.12. The number of anilines is 1. The van der Waals surface area contributed by atoms with Crippen molar-refractivity contribution in [2.45, 2.75) is 26.5 Å². The van der Waals surface area contributed by atoms with Crippen molar-refractivity contribution in [2.75, 3.05) is 18.1 Å². The maximum absolute atomic E-state index is 9.08. The van der Waals surface area contributed by atoms with Crippen molar-refractivity contribution < 1.29 is 10.2 Å². The van der Waals surface area contributed by atoms with Gasteiger partial charge in [0.2, 0.25) is 0 Å². The van der Waals surface area contributed by atoms with Crippen LogP contribution in [0.4, 0.5) is 5.69 Å². The van der Waals surface area contributed by atoms with Gasteiger partial charge in [-0.3, -0.25) is 0 Å². The van der Waals surface area contributed by atoms with Crippen molar-refractivity contribution in [1.29, 1.82) is 0 Å². The first-order valence-corrected chi connectivity index (χ1v) is 6.16. The number of hydrogen-bond acceptors (Lipinski definition) is 3. The standard InChI is InChI=1S/C12H18BrNO2/c1-9(2)14(5-6-15)11-4-3-10(8-16)12(13)7-11/h3-4,7,9,15-16H,5-6,8H2,1-2H3. The molecule has 4 heteroatoms. The molecular weight excluding hydrogens is 270 g/mol. The van der Waals surface area contributed by atoms with E-state index in [0.29, 0.717) is 12.6 Å². The van der Waals surface area contributed by atoms with E-state index in [0.717, 1.165) is 15.7 Å². The Balaban J connectivity index is 2.97. The maximum Gasteiger partial charge on any atom is 0.0692 e. The molecule has 0 bridgehead atoms. The van der Waals surface area contributed by atoms with Gasteiger partial charge in [-0.05, 0) is 31.5 Å². The summed E-state index contributed by atoms with van der Waals surface area (Å²) in [6.45, 7) is 4.95. The van der Waals surface area contributed by atoms with E-state index >= 15 is 0 Å². The molecule has 1 aromatic rings. The predicted molar refractivity (Wildman–Crippen MR) is 69.6 cm³/mol. The quantitative estimate of drug-likeness (QED) is 0.872. The van der Waals surface area contributed by atoms with Gasteiger partial charge >= 0.3 is 0 Å². The highest BCUT2D eigenvalue weighted by Gasteiger charge is 2.11. The van der Waals surface area contributed by atoms with E-state index in [1.165, 1.54) is 0 Å². The van der Waals surface area contributed by atoms with Crippen LogP contribution in [-0.4, -0.2) is 29.4 Å². The molecule has 0 unspecified atom stereocenters. The monoisotopic (exact) mass is 287 g/mol. The van der Waals surface area contributed by atoms with Crippen molar-refractivity contribution in [1.82, 2.24) is 0 Å². The summed E-state index contributed by atoms with van der Waals surface area (Å²) in [5, 5.41) is 18.1. The second-order valence-corrected chi connectivity index (χ2v) is 4.80. The molecule has 0 aliphatic heterocycles. The fourth-order valence-electron chi connectivity index (χ4n) is 1.64. The van der Waals surface area contributed by atoms with Crippen LogP contribution in [0, 0.1) is 0 Å². The average Bonchev–Trinajstić information content (AvgIpc) is 2.25. The summed E-state index contributed by atoms with van der Waals surface area (Å²) in [5.41, 5.74) is 1.92. The van der Waals surface area contributed by atoms with Gasteiger partial charge in [0, 0.05) is 22.7 Å². The Morgan fingerprint density at radius 3 is 2.44 bits per heavy atom. The number of aliphatic hydroxyl groups excluding tert-OH is 2. The van der Waals surface area contributed by atoms with E-state index in [9.17, 15) is 0 Å². The van der Waals surface area contributed by atoms with Crippen LogP contribution in [0.15, 0.2) is 22.7 Å². The molecule has 0 radical (unpaired) electrons. The van der Waals surface area contributed by atoms with Gasteiger partial charge in [0.1, 0.15) is 0 Å². The largest absolute Gasteiger partial charge is 0.395 e. The highest BCUT2D eigenvalue weighted by Crippen LogP contribution is 2.25. The van der Waals surface area contributed by atoms with Crippen molar-refractivity contribution >= 4 is 21.6 Å². The number of hydrogen-bond donors (Lipinski definition) is 2. The molecule has 90 valence electrons. The Kier molecular flexibility index (Phi) is 5.25. The predicted octanol–water partition coefficient (Wildman–Crippen LogP) is 2.15. The lowest BCUT2D eigenvalue weighted by Gasteiger charge is -2.28. The second-order valence-electron chi connectivity index (χ2n) is 3.94. The van der Waals surface area contributed by atoms with E-state index in [1.807, 2.05) is 18.2 Å². The molecule has 0 saturated carbocycles. The van der Waals surface area contributed by atoms with Crippen LogP contribution in [0.3, 0.4) is 0 Å². The molecule has 0 saturated heterocycles. The third-order valence-corrected chi connectivity index (χ3v) is 3.24. The number of nitrogens with zero attached hydrogens (tertiary/aromatic N) is 1. The molecule has 0 fully saturated rings. The Hall–Kier alpha value is -0.580. The molecule has 3 nitrogen and oxygen atoms in total. The maximum atomic E-state index is 9.08. The van der Waals surface area contributed by atoms with Crippen molar-refractivity contribution in [3.8, 4) is 0 Å². The molecule has 2 N–H and O–H groups in total. The van der Waals surface area contributed by atoms with E-state index in [1.54, 1.807) is 0 Å². The van der Waals surface area contributed by atoms with Crippen LogP contribution >= 0.6 is 15.9 Å². The lowest BCUT2D eigenvalue weighted by Crippen LogP contribution is -2.33. The van der Waals surface area contributed by atoms with Gasteiger partial charge in [0.15, 0.2) is 0 Å². The van der Waals surface area contributed by atoms with Crippen molar-refractivity contribution in [2.24, 2.45) is 0 Å². The summed E-state index contributed by atoms with van der Waals surface area (Å²) < 4.78 is 0.899. The fourth-order valence-corrected chi connectivity index (χ4v) is 2.13. The minimum absolute atomic E-state index is 0.0303. The molecule has 0 aliphatic rings. The number of aliphatic hydroxyl groups is 2. The first-order valence-electron chi connectivity index (χ1n) is 5.37. The molecule has 0 spiro atoms. The van der Waals surface area contributed by atoms with E-state index in [4.69, 9.17) is 10.2 Å². The summed E-state index contributed by atoms with van der Waals surface area (Å²) in [5.74, 6) is 0. The Morgan fingerprint density at radius 2 is 2.00 bits per heavy atom. The number of rotatable bonds is 5. The van der Waals surface area contributed by atoms with Crippen LogP contribution in [0.1, 0.15) is 19.4 Å². The van der Waals surface area contributed by atoms with Gasteiger partial charge in [-0.1, -0.05) is 22.0 Å². The molecule has 1 rings (SSSR count). The molecule has 16 heavy (non-hydrogen) atoms. The molecule has 0 amide bonds. The SMILES string of the molecule is CC(C)N(CCO)c1ccc(CO)c(Br)c1. The van der Waals surface area contributed by atoms with Crippen molar-refractivity contribution in [3.63, 3.8) is 0 Å². The summed E-state index contributed by atoms with van der Waals surface area (Å²) >= 11 is 3.43. The Bertz CT molecular complexity index is 342. The zero-order valence-electron chi connectivity index (χ0n) is 9.65. The van der Waals surface area contributed by atoms with Crippen LogP contribution in [0.5, 0.6) is 0 Å². The Morgan fingerprint density at radius 1 is 1.31 bits per heavy atom. The first-order chi connectivity index (χ1) is 7.60. The summed E-state index contributed by atoms with van der Waals surface area (Å²) in [6.07, 6.45) is 0. The van der Waals surface area contributed by atoms with E-state index < -0.39 is 0 Å². The van der Waals surface area contributed by atoms with Crippen LogP contribution < -0.4 is 4.90 Å². The lowest BCUT2D eigenvalue weighted by atomic mass is 10.2. The van der Waals surface area contributed by atoms with Gasteiger partial charge in [-0.25, -0.2) is 0 Å². The van der Waals surface area contributed by atoms with Gasteiger partial charge in [-0.2, -0.15) is 0 Å². The molecular formula is C12H18BrNO2. The van der Waals surface area contributed by atoms with Crippen molar-refractivity contribution in [3.05, 3.63) is 28.2 Å². The number of halogens is 1. The summed E-state index contributed by atoms with van der Waals surface area (Å²) in [7, 11) is 0. The van der Waals surface area contributed by atoms with Crippen LogP contribution in [0.25, 0.3) is 0 Å². The number of benzene rings is 1. The zero-order chi connectivity index (χ0) is 12.1. The molecule has 0 atom stereocenters.